The Hall–Kier alpha value is -3.48. The van der Waals surface area contributed by atoms with Crippen LogP contribution < -0.4 is 5.32 Å². The molecule has 1 aromatic carbocycles. The molecule has 124 valence electrons. The van der Waals surface area contributed by atoms with Crippen LogP contribution >= 0.6 is 0 Å². The molecule has 0 atom stereocenters. The van der Waals surface area contributed by atoms with Gasteiger partial charge in [0.1, 0.15) is 12.0 Å². The van der Waals surface area contributed by atoms with Crippen molar-refractivity contribution in [1.29, 1.82) is 0 Å². The second-order valence-electron chi connectivity index (χ2n) is 5.60. The zero-order chi connectivity index (χ0) is 17.2. The summed E-state index contributed by atoms with van der Waals surface area (Å²) in [6.45, 7) is 2.11. The number of hydrogen-bond acceptors (Lipinski definition) is 5. The van der Waals surface area contributed by atoms with E-state index in [0.717, 1.165) is 12.0 Å². The van der Waals surface area contributed by atoms with Crippen molar-refractivity contribution in [2.24, 2.45) is 0 Å². The second kappa shape index (κ2) is 6.20. The highest BCUT2D eigenvalue weighted by atomic mass is 16.5. The third-order valence-corrected chi connectivity index (χ3v) is 3.96. The molecule has 25 heavy (non-hydrogen) atoms. The van der Waals surface area contributed by atoms with Gasteiger partial charge in [-0.15, -0.1) is 10.2 Å². The first-order valence-electron chi connectivity index (χ1n) is 7.89. The average molecular weight is 333 g/mol. The van der Waals surface area contributed by atoms with Crippen LogP contribution in [0.25, 0.3) is 16.9 Å². The summed E-state index contributed by atoms with van der Waals surface area (Å²) in [5.41, 5.74) is 4.01. The highest BCUT2D eigenvalue weighted by Crippen LogP contribution is 2.22. The van der Waals surface area contributed by atoms with E-state index in [9.17, 15) is 4.79 Å². The van der Waals surface area contributed by atoms with E-state index >= 15 is 0 Å². The van der Waals surface area contributed by atoms with Crippen LogP contribution in [-0.2, 0) is 6.42 Å². The number of aromatic nitrogens is 4. The van der Waals surface area contributed by atoms with E-state index < -0.39 is 0 Å². The molecule has 0 aliphatic heterocycles. The average Bonchev–Trinajstić information content (AvgIpc) is 3.30. The van der Waals surface area contributed by atoms with Crippen LogP contribution in [0.3, 0.4) is 0 Å². The summed E-state index contributed by atoms with van der Waals surface area (Å²) in [6, 6.07) is 13.2. The minimum absolute atomic E-state index is 0.292. The monoisotopic (exact) mass is 333 g/mol. The van der Waals surface area contributed by atoms with E-state index in [0.29, 0.717) is 22.8 Å². The Morgan fingerprint density at radius 1 is 1.20 bits per heavy atom. The Balaban J connectivity index is 1.52. The number of carbonyl (C=O) groups is 1. The van der Waals surface area contributed by atoms with Gasteiger partial charge in [-0.25, -0.2) is 0 Å². The van der Waals surface area contributed by atoms with Gasteiger partial charge in [0.2, 0.25) is 5.88 Å². The number of amides is 1. The van der Waals surface area contributed by atoms with E-state index in [-0.39, 0.29) is 5.91 Å². The molecular formula is C18H15N5O2. The fourth-order valence-electron chi connectivity index (χ4n) is 2.53. The van der Waals surface area contributed by atoms with Crippen molar-refractivity contribution in [3.05, 3.63) is 66.1 Å². The fourth-order valence-corrected chi connectivity index (χ4v) is 2.53. The number of fused-ring (bicyclic) bond motifs is 1. The van der Waals surface area contributed by atoms with Crippen LogP contribution in [0.2, 0.25) is 0 Å². The van der Waals surface area contributed by atoms with Gasteiger partial charge in [0, 0.05) is 17.8 Å². The summed E-state index contributed by atoms with van der Waals surface area (Å²) >= 11 is 0. The third kappa shape index (κ3) is 2.99. The highest BCUT2D eigenvalue weighted by Gasteiger charge is 2.12. The molecule has 0 saturated carbocycles. The molecule has 0 aliphatic carbocycles. The maximum Gasteiger partial charge on any atom is 0.259 e. The van der Waals surface area contributed by atoms with Crippen LogP contribution in [0.15, 0.2) is 59.5 Å². The number of nitrogens with one attached hydrogen (secondary N) is 1. The number of anilines is 1. The summed E-state index contributed by atoms with van der Waals surface area (Å²) < 4.78 is 6.90. The molecule has 3 heterocycles. The van der Waals surface area contributed by atoms with E-state index in [1.54, 1.807) is 35.1 Å². The molecule has 4 aromatic rings. The van der Waals surface area contributed by atoms with Gasteiger partial charge in [-0.1, -0.05) is 36.3 Å². The summed E-state index contributed by atoms with van der Waals surface area (Å²) in [7, 11) is 0. The maximum atomic E-state index is 12.4. The smallest absolute Gasteiger partial charge is 0.259 e. The zero-order valence-corrected chi connectivity index (χ0v) is 13.5. The zero-order valence-electron chi connectivity index (χ0n) is 13.5. The predicted molar refractivity (Wildman–Crippen MR) is 92.3 cm³/mol. The van der Waals surface area contributed by atoms with Gasteiger partial charge in [0.05, 0.1) is 5.56 Å². The van der Waals surface area contributed by atoms with Crippen LogP contribution in [0.4, 0.5) is 5.88 Å². The Morgan fingerprint density at radius 3 is 2.84 bits per heavy atom. The van der Waals surface area contributed by atoms with Gasteiger partial charge in [0.25, 0.3) is 5.91 Å². The molecule has 7 nitrogen and oxygen atoms in total. The molecular weight excluding hydrogens is 318 g/mol. The van der Waals surface area contributed by atoms with E-state index in [4.69, 9.17) is 4.52 Å². The van der Waals surface area contributed by atoms with Crippen molar-refractivity contribution < 1.29 is 9.32 Å². The quantitative estimate of drug-likeness (QED) is 0.620. The van der Waals surface area contributed by atoms with Crippen molar-refractivity contribution in [2.75, 3.05) is 5.32 Å². The fraction of sp³-hybridized carbons (Fsp3) is 0.111. The lowest BCUT2D eigenvalue weighted by atomic mass is 10.1. The van der Waals surface area contributed by atoms with Gasteiger partial charge in [0.15, 0.2) is 5.65 Å². The molecule has 7 heteroatoms. The Labute approximate surface area is 143 Å². The third-order valence-electron chi connectivity index (χ3n) is 3.96. The van der Waals surface area contributed by atoms with Gasteiger partial charge in [-0.3, -0.25) is 14.5 Å². The van der Waals surface area contributed by atoms with Crippen LogP contribution in [0, 0.1) is 0 Å². The van der Waals surface area contributed by atoms with Crippen molar-refractivity contribution in [3.63, 3.8) is 0 Å². The summed E-state index contributed by atoms with van der Waals surface area (Å²) in [5.74, 6) is 0.00283. The van der Waals surface area contributed by atoms with Crippen LogP contribution in [0.1, 0.15) is 22.8 Å². The topological polar surface area (TPSA) is 85.3 Å². The minimum Gasteiger partial charge on any atom is -0.338 e. The van der Waals surface area contributed by atoms with E-state index in [1.807, 2.05) is 12.1 Å². The normalized spacial score (nSPS) is 10.9. The van der Waals surface area contributed by atoms with Crippen molar-refractivity contribution in [3.8, 4) is 11.3 Å². The number of aryl methyl sites for hydroxylation is 1. The number of pyridine rings is 1. The molecule has 0 aliphatic rings. The molecule has 0 bridgehead atoms. The molecule has 1 N–H and O–H groups in total. The number of benzene rings is 1. The molecule has 0 saturated heterocycles. The summed E-state index contributed by atoms with van der Waals surface area (Å²) in [6.07, 6.45) is 4.18. The van der Waals surface area contributed by atoms with Crippen LogP contribution in [0.5, 0.6) is 0 Å². The van der Waals surface area contributed by atoms with Gasteiger partial charge in [-0.2, -0.15) is 0 Å². The van der Waals surface area contributed by atoms with Crippen molar-refractivity contribution in [1.82, 2.24) is 19.8 Å². The first-order chi connectivity index (χ1) is 12.2. The largest absolute Gasteiger partial charge is 0.338 e. The van der Waals surface area contributed by atoms with E-state index in [2.05, 4.69) is 39.7 Å². The van der Waals surface area contributed by atoms with E-state index in [1.165, 1.54) is 5.56 Å². The standard InChI is InChI=1S/C18H15N5O2/c1-2-12-3-5-13(6-4-12)15-9-17(25-22-15)20-18(24)14-7-8-16-21-19-11-23(16)10-14/h3-11H,2H2,1H3,(H,20,24). The number of nitrogens with zero attached hydrogens (tertiary/aromatic N) is 4. The Bertz CT molecular complexity index is 1030. The highest BCUT2D eigenvalue weighted by molar-refractivity contribution is 6.03. The predicted octanol–water partition coefficient (Wildman–Crippen LogP) is 3.20. The molecule has 4 rings (SSSR count). The Kier molecular flexibility index (Phi) is 3.74. The maximum absolute atomic E-state index is 12.4. The molecule has 3 aromatic heterocycles. The minimum atomic E-state index is -0.292. The first kappa shape index (κ1) is 15.1. The molecule has 0 radical (unpaired) electrons. The van der Waals surface area contributed by atoms with Crippen molar-refractivity contribution in [2.45, 2.75) is 13.3 Å². The van der Waals surface area contributed by atoms with Crippen molar-refractivity contribution >= 4 is 17.4 Å². The molecule has 0 spiro atoms. The van der Waals surface area contributed by atoms with Gasteiger partial charge >= 0.3 is 0 Å². The first-order valence-corrected chi connectivity index (χ1v) is 7.89. The number of carbonyl (C=O) groups excluding carboxylic acids is 1. The lowest BCUT2D eigenvalue weighted by molar-refractivity contribution is 0.102. The molecule has 0 fully saturated rings. The molecule has 0 unspecified atom stereocenters. The number of hydrogen-bond donors (Lipinski definition) is 1. The second-order valence-corrected chi connectivity index (χ2v) is 5.60. The Morgan fingerprint density at radius 2 is 2.04 bits per heavy atom. The lowest BCUT2D eigenvalue weighted by Gasteiger charge is -2.01. The summed E-state index contributed by atoms with van der Waals surface area (Å²) in [4.78, 5) is 12.4. The summed E-state index contributed by atoms with van der Waals surface area (Å²) in [5, 5.41) is 14.4. The number of rotatable bonds is 4. The van der Waals surface area contributed by atoms with Gasteiger partial charge < -0.3 is 4.52 Å². The van der Waals surface area contributed by atoms with Gasteiger partial charge in [-0.05, 0) is 24.1 Å². The molecule has 1 amide bonds. The SMILES string of the molecule is CCc1ccc(-c2cc(NC(=O)c3ccc4nncn4c3)on2)cc1. The lowest BCUT2D eigenvalue weighted by Crippen LogP contribution is -2.12. The van der Waals surface area contributed by atoms with Crippen LogP contribution in [-0.4, -0.2) is 25.7 Å².